The van der Waals surface area contributed by atoms with Crippen molar-refractivity contribution in [3.05, 3.63) is 23.4 Å². The Bertz CT molecular complexity index is 383. The molecule has 1 unspecified atom stereocenters. The minimum absolute atomic E-state index is 0.179. The summed E-state index contributed by atoms with van der Waals surface area (Å²) in [5.41, 5.74) is 0. The van der Waals surface area contributed by atoms with Crippen molar-refractivity contribution in [3.8, 4) is 0 Å². The second kappa shape index (κ2) is 4.83. The summed E-state index contributed by atoms with van der Waals surface area (Å²) in [5, 5.41) is 0.680. The van der Waals surface area contributed by atoms with Crippen molar-refractivity contribution >= 4 is 23.7 Å². The van der Waals surface area contributed by atoms with Crippen molar-refractivity contribution < 1.29 is 4.79 Å². The molecule has 1 aromatic heterocycles. The quantitative estimate of drug-likeness (QED) is 0.742. The van der Waals surface area contributed by atoms with Crippen LogP contribution in [0.3, 0.4) is 0 Å². The van der Waals surface area contributed by atoms with Crippen LogP contribution >= 0.6 is 11.6 Å². The van der Waals surface area contributed by atoms with E-state index < -0.39 is 0 Å². The molecule has 2 atom stereocenters. The van der Waals surface area contributed by atoms with Crippen LogP contribution in [0.4, 0.5) is 5.82 Å². The molecule has 2 heterocycles. The molecule has 2 rings (SSSR count). The van der Waals surface area contributed by atoms with E-state index in [0.717, 1.165) is 31.6 Å². The second-order valence-corrected chi connectivity index (χ2v) is 4.73. The third kappa shape index (κ3) is 2.19. The lowest BCUT2D eigenvalue weighted by atomic mass is 9.88. The van der Waals surface area contributed by atoms with Gasteiger partial charge in [-0.25, -0.2) is 4.98 Å². The lowest BCUT2D eigenvalue weighted by Gasteiger charge is -2.35. The zero-order valence-corrected chi connectivity index (χ0v) is 10.0. The molecule has 1 saturated heterocycles. The van der Waals surface area contributed by atoms with Gasteiger partial charge in [0, 0.05) is 25.2 Å². The van der Waals surface area contributed by atoms with Crippen LogP contribution in [0.15, 0.2) is 18.3 Å². The maximum Gasteiger partial charge on any atom is 0.147 e. The fourth-order valence-corrected chi connectivity index (χ4v) is 2.41. The van der Waals surface area contributed by atoms with Gasteiger partial charge in [-0.3, -0.25) is 0 Å². The molecule has 0 amide bonds. The van der Waals surface area contributed by atoms with Crippen molar-refractivity contribution in [2.45, 2.75) is 13.3 Å². The molecule has 0 saturated carbocycles. The van der Waals surface area contributed by atoms with Crippen LogP contribution in [0.1, 0.15) is 13.3 Å². The summed E-state index contributed by atoms with van der Waals surface area (Å²) in [4.78, 5) is 17.3. The fourth-order valence-electron chi connectivity index (χ4n) is 2.17. The first-order valence-corrected chi connectivity index (χ1v) is 5.91. The van der Waals surface area contributed by atoms with Crippen molar-refractivity contribution in [1.82, 2.24) is 4.98 Å². The molecule has 0 aliphatic carbocycles. The Hall–Kier alpha value is -1.09. The number of carbonyl (C=O) groups excluding carboxylic acids is 1. The van der Waals surface area contributed by atoms with Gasteiger partial charge in [-0.1, -0.05) is 18.5 Å². The second-order valence-electron chi connectivity index (χ2n) is 4.32. The highest BCUT2D eigenvalue weighted by atomic mass is 35.5. The van der Waals surface area contributed by atoms with Crippen molar-refractivity contribution in [1.29, 1.82) is 0 Å². The van der Waals surface area contributed by atoms with Crippen molar-refractivity contribution in [2.24, 2.45) is 11.8 Å². The molecule has 1 aromatic rings. The molecule has 1 aliphatic heterocycles. The summed E-state index contributed by atoms with van der Waals surface area (Å²) in [6, 6.07) is 3.67. The standard InChI is InChI=1S/C12H15ClN2O/c1-9-7-15(6-4-10(9)8-16)12-11(13)3-2-5-14-12/h2-3,5,8-10H,4,6-7H2,1H3/t9-,10?/m0/s1. The Kier molecular flexibility index (Phi) is 3.44. The number of anilines is 1. The topological polar surface area (TPSA) is 33.2 Å². The normalized spacial score (nSPS) is 25.5. The van der Waals surface area contributed by atoms with Gasteiger partial charge < -0.3 is 9.69 Å². The number of hydrogen-bond acceptors (Lipinski definition) is 3. The van der Waals surface area contributed by atoms with Crippen LogP contribution in [0.2, 0.25) is 5.02 Å². The molecule has 0 N–H and O–H groups in total. The van der Waals surface area contributed by atoms with Gasteiger partial charge in [0.25, 0.3) is 0 Å². The molecule has 3 nitrogen and oxygen atoms in total. The average Bonchev–Trinajstić information content (AvgIpc) is 2.29. The SMILES string of the molecule is C[C@H]1CN(c2ncccc2Cl)CCC1C=O. The third-order valence-corrected chi connectivity index (χ3v) is 3.48. The summed E-state index contributed by atoms with van der Waals surface area (Å²) < 4.78 is 0. The van der Waals surface area contributed by atoms with Gasteiger partial charge in [-0.05, 0) is 24.5 Å². The summed E-state index contributed by atoms with van der Waals surface area (Å²) in [7, 11) is 0. The van der Waals surface area contributed by atoms with Crippen LogP contribution in [0.25, 0.3) is 0 Å². The predicted molar refractivity (Wildman–Crippen MR) is 64.8 cm³/mol. The van der Waals surface area contributed by atoms with Crippen LogP contribution in [-0.2, 0) is 4.79 Å². The number of nitrogens with zero attached hydrogens (tertiary/aromatic N) is 2. The molecule has 4 heteroatoms. The Morgan fingerprint density at radius 1 is 1.62 bits per heavy atom. The smallest absolute Gasteiger partial charge is 0.147 e. The molecular weight excluding hydrogens is 224 g/mol. The first-order valence-electron chi connectivity index (χ1n) is 5.53. The lowest BCUT2D eigenvalue weighted by molar-refractivity contribution is -0.112. The minimum atomic E-state index is 0.179. The Balaban J connectivity index is 2.13. The summed E-state index contributed by atoms with van der Waals surface area (Å²) in [5.74, 6) is 1.38. The Morgan fingerprint density at radius 3 is 3.06 bits per heavy atom. The molecule has 1 aliphatic rings. The van der Waals surface area contributed by atoms with E-state index in [1.54, 1.807) is 6.20 Å². The maximum absolute atomic E-state index is 10.8. The molecule has 0 bridgehead atoms. The fraction of sp³-hybridized carbons (Fsp3) is 0.500. The maximum atomic E-state index is 10.8. The first-order chi connectivity index (χ1) is 7.72. The summed E-state index contributed by atoms with van der Waals surface area (Å²) in [6.45, 7) is 3.80. The lowest BCUT2D eigenvalue weighted by Crippen LogP contribution is -2.40. The number of pyridine rings is 1. The number of carbonyl (C=O) groups is 1. The van der Waals surface area contributed by atoms with Crippen molar-refractivity contribution in [3.63, 3.8) is 0 Å². The highest BCUT2D eigenvalue weighted by Gasteiger charge is 2.26. The van der Waals surface area contributed by atoms with E-state index in [-0.39, 0.29) is 5.92 Å². The number of aldehydes is 1. The van der Waals surface area contributed by atoms with Crippen LogP contribution in [0.5, 0.6) is 0 Å². The van der Waals surface area contributed by atoms with Gasteiger partial charge >= 0.3 is 0 Å². The molecule has 1 fully saturated rings. The highest BCUT2D eigenvalue weighted by Crippen LogP contribution is 2.29. The first kappa shape index (κ1) is 11.4. The minimum Gasteiger partial charge on any atom is -0.355 e. The van der Waals surface area contributed by atoms with Gasteiger partial charge in [-0.2, -0.15) is 0 Å². The number of halogens is 1. The van der Waals surface area contributed by atoms with E-state index in [1.165, 1.54) is 0 Å². The predicted octanol–water partition coefficient (Wildman–Crippen LogP) is 2.40. The molecular formula is C12H15ClN2O. The van der Waals surface area contributed by atoms with Gasteiger partial charge in [-0.15, -0.1) is 0 Å². The Labute approximate surface area is 100 Å². The van der Waals surface area contributed by atoms with E-state index in [4.69, 9.17) is 11.6 Å². The average molecular weight is 239 g/mol. The molecule has 86 valence electrons. The van der Waals surface area contributed by atoms with Gasteiger partial charge in [0.1, 0.15) is 12.1 Å². The molecule has 0 aromatic carbocycles. The zero-order valence-electron chi connectivity index (χ0n) is 9.27. The van der Waals surface area contributed by atoms with E-state index >= 15 is 0 Å². The molecule has 16 heavy (non-hydrogen) atoms. The number of hydrogen-bond donors (Lipinski definition) is 0. The van der Waals surface area contributed by atoms with Gasteiger partial charge in [0.2, 0.25) is 0 Å². The monoisotopic (exact) mass is 238 g/mol. The van der Waals surface area contributed by atoms with E-state index in [2.05, 4.69) is 16.8 Å². The highest BCUT2D eigenvalue weighted by molar-refractivity contribution is 6.32. The van der Waals surface area contributed by atoms with E-state index in [9.17, 15) is 4.79 Å². The van der Waals surface area contributed by atoms with E-state index in [0.29, 0.717) is 10.9 Å². The largest absolute Gasteiger partial charge is 0.355 e. The third-order valence-electron chi connectivity index (χ3n) is 3.19. The van der Waals surface area contributed by atoms with Gasteiger partial charge in [0.15, 0.2) is 0 Å². The van der Waals surface area contributed by atoms with Crippen LogP contribution in [-0.4, -0.2) is 24.4 Å². The number of piperidine rings is 1. The van der Waals surface area contributed by atoms with Gasteiger partial charge in [0.05, 0.1) is 5.02 Å². The number of aromatic nitrogens is 1. The molecule has 0 radical (unpaired) electrons. The number of rotatable bonds is 2. The summed E-state index contributed by atoms with van der Waals surface area (Å²) >= 11 is 6.10. The van der Waals surface area contributed by atoms with E-state index in [1.807, 2.05) is 12.1 Å². The molecule has 0 spiro atoms. The van der Waals surface area contributed by atoms with Crippen LogP contribution < -0.4 is 4.90 Å². The van der Waals surface area contributed by atoms with Crippen molar-refractivity contribution in [2.75, 3.05) is 18.0 Å². The summed E-state index contributed by atoms with van der Waals surface area (Å²) in [6.07, 6.45) is 3.71. The van der Waals surface area contributed by atoms with Crippen LogP contribution in [0, 0.1) is 11.8 Å². The Morgan fingerprint density at radius 2 is 2.44 bits per heavy atom. The zero-order chi connectivity index (χ0) is 11.5.